The maximum atomic E-state index is 12.4. The second kappa shape index (κ2) is 6.63. The lowest BCUT2D eigenvalue weighted by Crippen LogP contribution is -2.07. The Labute approximate surface area is 112 Å². The highest BCUT2D eigenvalue weighted by molar-refractivity contribution is 5.94. The molecule has 0 aliphatic heterocycles. The number of hydrogen-bond donors (Lipinski definition) is 0. The molecule has 0 aliphatic rings. The molecule has 0 N–H and O–H groups in total. The summed E-state index contributed by atoms with van der Waals surface area (Å²) < 4.78 is 41.6. The average molecular weight is 285 g/mol. The average Bonchev–Trinajstić information content (AvgIpc) is 2.42. The van der Waals surface area contributed by atoms with Gasteiger partial charge in [0.05, 0.1) is 19.2 Å². The Morgan fingerprint density at radius 3 is 2.45 bits per heavy atom. The van der Waals surface area contributed by atoms with Gasteiger partial charge >= 0.3 is 12.1 Å². The number of ether oxygens (including phenoxy) is 1. The van der Waals surface area contributed by atoms with Gasteiger partial charge < -0.3 is 4.74 Å². The van der Waals surface area contributed by atoms with Crippen LogP contribution in [0.4, 0.5) is 13.2 Å². The zero-order valence-electron chi connectivity index (χ0n) is 10.4. The standard InChI is InChI=1S/C12H10F3N3O2/c1-20-11(19)9(7-17-18-16)6-8-2-4-10(5-3-8)12(13,14)15/h2-6H,7H2,1H3/b9-6+. The maximum absolute atomic E-state index is 12.4. The van der Waals surface area contributed by atoms with Gasteiger partial charge in [0.15, 0.2) is 0 Å². The van der Waals surface area contributed by atoms with Crippen LogP contribution < -0.4 is 0 Å². The molecule has 0 atom stereocenters. The second-order valence-electron chi connectivity index (χ2n) is 3.67. The van der Waals surface area contributed by atoms with Crippen LogP contribution >= 0.6 is 0 Å². The number of nitrogens with zero attached hydrogens (tertiary/aromatic N) is 3. The molecule has 1 aromatic carbocycles. The van der Waals surface area contributed by atoms with Crippen LogP contribution in [-0.2, 0) is 15.7 Å². The van der Waals surface area contributed by atoms with Crippen molar-refractivity contribution in [2.24, 2.45) is 5.11 Å². The van der Waals surface area contributed by atoms with Crippen molar-refractivity contribution in [2.45, 2.75) is 6.18 Å². The first-order chi connectivity index (χ1) is 9.38. The lowest BCUT2D eigenvalue weighted by atomic mass is 10.1. The third-order valence-corrected chi connectivity index (χ3v) is 2.33. The molecule has 5 nitrogen and oxygen atoms in total. The molecule has 0 saturated carbocycles. The van der Waals surface area contributed by atoms with Crippen LogP contribution in [0.25, 0.3) is 16.5 Å². The Morgan fingerprint density at radius 2 is 2.00 bits per heavy atom. The van der Waals surface area contributed by atoms with E-state index in [9.17, 15) is 18.0 Å². The maximum Gasteiger partial charge on any atom is 0.416 e. The lowest BCUT2D eigenvalue weighted by molar-refractivity contribution is -0.138. The first-order valence-corrected chi connectivity index (χ1v) is 5.35. The molecule has 0 bridgehead atoms. The molecular weight excluding hydrogens is 275 g/mol. The number of carbonyl (C=O) groups is 1. The van der Waals surface area contributed by atoms with Gasteiger partial charge in [0.25, 0.3) is 0 Å². The third-order valence-electron chi connectivity index (χ3n) is 2.33. The molecule has 106 valence electrons. The number of alkyl halides is 3. The van der Waals surface area contributed by atoms with Gasteiger partial charge in [0.2, 0.25) is 0 Å². The van der Waals surface area contributed by atoms with Crippen LogP contribution in [-0.4, -0.2) is 19.6 Å². The summed E-state index contributed by atoms with van der Waals surface area (Å²) in [6, 6.07) is 4.21. The van der Waals surface area contributed by atoms with Gasteiger partial charge in [-0.25, -0.2) is 4.79 Å². The summed E-state index contributed by atoms with van der Waals surface area (Å²) in [4.78, 5) is 13.9. The van der Waals surface area contributed by atoms with Gasteiger partial charge in [-0.3, -0.25) is 0 Å². The van der Waals surface area contributed by atoms with Crippen molar-refractivity contribution in [3.8, 4) is 0 Å². The summed E-state index contributed by atoms with van der Waals surface area (Å²) in [5.41, 5.74) is 7.84. The quantitative estimate of drug-likeness (QED) is 0.279. The monoisotopic (exact) mass is 285 g/mol. The number of hydrogen-bond acceptors (Lipinski definition) is 3. The minimum atomic E-state index is -4.42. The highest BCUT2D eigenvalue weighted by Crippen LogP contribution is 2.29. The van der Waals surface area contributed by atoms with Gasteiger partial charge in [0, 0.05) is 10.5 Å². The molecule has 0 aromatic heterocycles. The highest BCUT2D eigenvalue weighted by atomic mass is 19.4. The predicted molar refractivity (Wildman–Crippen MR) is 65.5 cm³/mol. The summed E-state index contributed by atoms with van der Waals surface area (Å²) >= 11 is 0. The fraction of sp³-hybridized carbons (Fsp3) is 0.250. The van der Waals surface area contributed by atoms with Gasteiger partial charge in [-0.15, -0.1) is 0 Å². The van der Waals surface area contributed by atoms with E-state index in [1.54, 1.807) is 0 Å². The van der Waals surface area contributed by atoms with Crippen molar-refractivity contribution in [3.05, 3.63) is 51.4 Å². The zero-order chi connectivity index (χ0) is 15.2. The Bertz CT molecular complexity index is 558. The molecule has 0 saturated heterocycles. The van der Waals surface area contributed by atoms with Crippen LogP contribution in [0, 0.1) is 0 Å². The van der Waals surface area contributed by atoms with E-state index in [-0.39, 0.29) is 12.1 Å². The predicted octanol–water partition coefficient (Wildman–Crippen LogP) is 3.57. The fourth-order valence-electron chi connectivity index (χ4n) is 1.38. The van der Waals surface area contributed by atoms with Crippen molar-refractivity contribution in [1.29, 1.82) is 0 Å². The van der Waals surface area contributed by atoms with Crippen LogP contribution in [0.3, 0.4) is 0 Å². The molecule has 0 unspecified atom stereocenters. The largest absolute Gasteiger partial charge is 0.466 e. The van der Waals surface area contributed by atoms with Crippen molar-refractivity contribution < 1.29 is 22.7 Å². The van der Waals surface area contributed by atoms with Crippen LogP contribution in [0.5, 0.6) is 0 Å². The molecule has 20 heavy (non-hydrogen) atoms. The van der Waals surface area contributed by atoms with Crippen LogP contribution in [0.1, 0.15) is 11.1 Å². The van der Waals surface area contributed by atoms with Crippen molar-refractivity contribution in [2.75, 3.05) is 13.7 Å². The van der Waals surface area contributed by atoms with Gasteiger partial charge in [-0.2, -0.15) is 13.2 Å². The summed E-state index contributed by atoms with van der Waals surface area (Å²) in [6.07, 6.45) is -3.11. The summed E-state index contributed by atoms with van der Waals surface area (Å²) in [6.45, 7) is -0.246. The minimum absolute atomic E-state index is 0.0464. The second-order valence-corrected chi connectivity index (χ2v) is 3.67. The molecular formula is C12H10F3N3O2. The topological polar surface area (TPSA) is 75.1 Å². The van der Waals surface area contributed by atoms with Crippen molar-refractivity contribution >= 4 is 12.0 Å². The Morgan fingerprint density at radius 1 is 1.40 bits per heavy atom. The Kier molecular flexibility index (Phi) is 5.16. The van der Waals surface area contributed by atoms with E-state index in [0.29, 0.717) is 5.56 Å². The molecule has 0 spiro atoms. The number of halogens is 3. The molecule has 1 rings (SSSR count). The van der Waals surface area contributed by atoms with Crippen molar-refractivity contribution in [3.63, 3.8) is 0 Å². The Balaban J connectivity index is 3.05. The number of rotatable bonds is 4. The summed E-state index contributed by atoms with van der Waals surface area (Å²) in [5.74, 6) is -0.711. The molecule has 0 heterocycles. The van der Waals surface area contributed by atoms with Gasteiger partial charge in [0.1, 0.15) is 0 Å². The molecule has 0 radical (unpaired) electrons. The normalized spacial score (nSPS) is 11.7. The van der Waals surface area contributed by atoms with E-state index in [0.717, 1.165) is 19.2 Å². The number of benzene rings is 1. The molecule has 0 aliphatic carbocycles. The Hall–Kier alpha value is -2.47. The zero-order valence-corrected chi connectivity index (χ0v) is 10.4. The van der Waals surface area contributed by atoms with Gasteiger partial charge in [-0.05, 0) is 29.3 Å². The van der Waals surface area contributed by atoms with E-state index in [2.05, 4.69) is 14.8 Å². The highest BCUT2D eigenvalue weighted by Gasteiger charge is 2.29. The van der Waals surface area contributed by atoms with Crippen LogP contribution in [0.15, 0.2) is 35.0 Å². The molecule has 0 amide bonds. The molecule has 8 heteroatoms. The van der Waals surface area contributed by atoms with Crippen molar-refractivity contribution in [1.82, 2.24) is 0 Å². The summed E-state index contributed by atoms with van der Waals surface area (Å²) in [5, 5.41) is 3.23. The van der Waals surface area contributed by atoms with Crippen LogP contribution in [0.2, 0.25) is 0 Å². The third kappa shape index (κ3) is 4.33. The van der Waals surface area contributed by atoms with E-state index < -0.39 is 17.7 Å². The number of azide groups is 1. The van der Waals surface area contributed by atoms with E-state index >= 15 is 0 Å². The number of methoxy groups -OCH3 is 1. The summed E-state index contributed by atoms with van der Waals surface area (Å²) in [7, 11) is 1.15. The first-order valence-electron chi connectivity index (χ1n) is 5.35. The lowest BCUT2D eigenvalue weighted by Gasteiger charge is -2.07. The minimum Gasteiger partial charge on any atom is -0.466 e. The van der Waals surface area contributed by atoms with E-state index in [4.69, 9.17) is 5.53 Å². The number of carbonyl (C=O) groups excluding carboxylic acids is 1. The smallest absolute Gasteiger partial charge is 0.416 e. The van der Waals surface area contributed by atoms with Gasteiger partial charge in [-0.1, -0.05) is 17.2 Å². The molecule has 0 fully saturated rings. The van der Waals surface area contributed by atoms with E-state index in [1.165, 1.54) is 18.2 Å². The first kappa shape index (κ1) is 15.6. The molecule has 1 aromatic rings. The number of esters is 1. The van der Waals surface area contributed by atoms with E-state index in [1.807, 2.05) is 0 Å². The fourth-order valence-corrected chi connectivity index (χ4v) is 1.38. The SMILES string of the molecule is COC(=O)/C(=C/c1ccc(C(F)(F)F)cc1)CN=[N+]=[N-].